The zero-order valence-corrected chi connectivity index (χ0v) is 17.3. The minimum Gasteiger partial charge on any atom is -0.379 e. The van der Waals surface area contributed by atoms with Crippen molar-refractivity contribution < 1.29 is 9.53 Å². The molecule has 0 unspecified atom stereocenters. The van der Waals surface area contributed by atoms with Gasteiger partial charge in [0.1, 0.15) is 0 Å². The Balaban J connectivity index is 1.65. The third-order valence-corrected chi connectivity index (χ3v) is 6.27. The van der Waals surface area contributed by atoms with Crippen LogP contribution in [-0.2, 0) is 11.8 Å². The molecule has 0 bridgehead atoms. The molecule has 7 nitrogen and oxygen atoms in total. The highest BCUT2D eigenvalue weighted by atomic mass is 32.1. The predicted octanol–water partition coefficient (Wildman–Crippen LogP) is 2.63. The van der Waals surface area contributed by atoms with E-state index in [4.69, 9.17) is 9.72 Å². The average Bonchev–Trinajstić information content (AvgIpc) is 3.29. The van der Waals surface area contributed by atoms with Crippen molar-refractivity contribution in [2.24, 2.45) is 7.05 Å². The number of nitrogens with zero attached hydrogens (tertiary/aromatic N) is 5. The monoisotopic (exact) mass is 399 g/mol. The van der Waals surface area contributed by atoms with Crippen LogP contribution in [0.25, 0.3) is 10.2 Å². The summed E-state index contributed by atoms with van der Waals surface area (Å²) in [4.78, 5) is 26.4. The lowest BCUT2D eigenvalue weighted by Crippen LogP contribution is -2.43. The number of ether oxygens (including phenoxy) is 1. The van der Waals surface area contributed by atoms with Gasteiger partial charge in [-0.15, -0.1) is 0 Å². The highest BCUT2D eigenvalue weighted by Gasteiger charge is 2.25. The molecule has 1 aliphatic rings. The molecule has 2 aromatic heterocycles. The molecule has 148 valence electrons. The van der Waals surface area contributed by atoms with Gasteiger partial charge in [0.25, 0.3) is 5.91 Å². The lowest BCUT2D eigenvalue weighted by Gasteiger charge is -2.29. The van der Waals surface area contributed by atoms with E-state index < -0.39 is 0 Å². The number of morpholine rings is 1. The van der Waals surface area contributed by atoms with Crippen molar-refractivity contribution in [3.63, 3.8) is 0 Å². The zero-order valence-electron chi connectivity index (χ0n) is 16.5. The quantitative estimate of drug-likeness (QED) is 0.660. The SMILES string of the molecule is Cc1cc2nc(N(CCN3CCOCC3)C(=O)c3nccn3C)sc2cc1C. The summed E-state index contributed by atoms with van der Waals surface area (Å²) in [6.45, 7) is 8.81. The van der Waals surface area contributed by atoms with E-state index in [1.807, 2.05) is 7.05 Å². The lowest BCUT2D eigenvalue weighted by atomic mass is 10.1. The molecule has 0 saturated carbocycles. The number of carbonyl (C=O) groups is 1. The fourth-order valence-corrected chi connectivity index (χ4v) is 4.40. The Hall–Kier alpha value is -2.29. The third-order valence-electron chi connectivity index (χ3n) is 5.22. The molecule has 1 aliphatic heterocycles. The number of benzene rings is 1. The summed E-state index contributed by atoms with van der Waals surface area (Å²) in [5.74, 6) is 0.307. The Morgan fingerprint density at radius 2 is 2.00 bits per heavy atom. The summed E-state index contributed by atoms with van der Waals surface area (Å²) >= 11 is 1.56. The van der Waals surface area contributed by atoms with Crippen molar-refractivity contribution in [1.29, 1.82) is 0 Å². The van der Waals surface area contributed by atoms with Gasteiger partial charge in [-0.2, -0.15) is 0 Å². The van der Waals surface area contributed by atoms with E-state index in [0.717, 1.165) is 48.2 Å². The van der Waals surface area contributed by atoms with Crippen molar-refractivity contribution in [1.82, 2.24) is 19.4 Å². The maximum Gasteiger partial charge on any atom is 0.296 e. The normalized spacial score (nSPS) is 15.2. The molecular weight excluding hydrogens is 374 g/mol. The molecule has 0 atom stereocenters. The van der Waals surface area contributed by atoms with E-state index >= 15 is 0 Å². The van der Waals surface area contributed by atoms with Crippen LogP contribution in [0.2, 0.25) is 0 Å². The van der Waals surface area contributed by atoms with Gasteiger partial charge in [-0.3, -0.25) is 14.6 Å². The zero-order chi connectivity index (χ0) is 19.7. The molecule has 1 saturated heterocycles. The Bertz CT molecular complexity index is 951. The number of thiazole rings is 1. The van der Waals surface area contributed by atoms with Crippen molar-refractivity contribution in [2.75, 3.05) is 44.3 Å². The summed E-state index contributed by atoms with van der Waals surface area (Å²) in [6, 6.07) is 4.24. The van der Waals surface area contributed by atoms with Crippen molar-refractivity contribution in [3.05, 3.63) is 41.5 Å². The first-order chi connectivity index (χ1) is 13.5. The molecule has 1 amide bonds. The second-order valence-corrected chi connectivity index (χ2v) is 8.18. The number of imidazole rings is 1. The number of hydrogen-bond donors (Lipinski definition) is 0. The molecule has 0 spiro atoms. The summed E-state index contributed by atoms with van der Waals surface area (Å²) in [5, 5.41) is 0.723. The van der Waals surface area contributed by atoms with Gasteiger partial charge in [-0.25, -0.2) is 9.97 Å². The molecule has 1 fully saturated rings. The molecule has 3 aromatic rings. The first-order valence-electron chi connectivity index (χ1n) is 9.50. The van der Waals surface area contributed by atoms with Gasteiger partial charge < -0.3 is 9.30 Å². The number of anilines is 1. The fraction of sp³-hybridized carbons (Fsp3) is 0.450. The van der Waals surface area contributed by atoms with Crippen molar-refractivity contribution in [2.45, 2.75) is 13.8 Å². The second-order valence-electron chi connectivity index (χ2n) is 7.17. The van der Waals surface area contributed by atoms with E-state index in [9.17, 15) is 4.79 Å². The van der Waals surface area contributed by atoms with Crippen LogP contribution in [0.1, 0.15) is 21.7 Å². The summed E-state index contributed by atoms with van der Waals surface area (Å²) in [7, 11) is 1.84. The highest BCUT2D eigenvalue weighted by Crippen LogP contribution is 2.31. The van der Waals surface area contributed by atoms with Crippen LogP contribution >= 0.6 is 11.3 Å². The van der Waals surface area contributed by atoms with Crippen LogP contribution in [0.3, 0.4) is 0 Å². The van der Waals surface area contributed by atoms with Crippen LogP contribution in [0.15, 0.2) is 24.5 Å². The maximum absolute atomic E-state index is 13.3. The molecule has 3 heterocycles. The minimum absolute atomic E-state index is 0.117. The van der Waals surface area contributed by atoms with Gasteiger partial charge in [0.05, 0.1) is 23.4 Å². The Morgan fingerprint density at radius 1 is 1.25 bits per heavy atom. The number of hydrogen-bond acceptors (Lipinski definition) is 6. The second kappa shape index (κ2) is 7.98. The molecule has 4 rings (SSSR count). The van der Waals surface area contributed by atoms with Gasteiger partial charge in [-0.1, -0.05) is 11.3 Å². The first kappa shape index (κ1) is 19.0. The van der Waals surface area contributed by atoms with Gasteiger partial charge >= 0.3 is 0 Å². The molecule has 0 radical (unpaired) electrons. The molecule has 0 aliphatic carbocycles. The minimum atomic E-state index is -0.117. The largest absolute Gasteiger partial charge is 0.379 e. The topological polar surface area (TPSA) is 63.5 Å². The standard InChI is InChI=1S/C20H25N5O2S/c1-14-12-16-17(13-15(14)2)28-20(22-16)25(7-6-24-8-10-27-11-9-24)19(26)18-21-4-5-23(18)3/h4-5,12-13H,6-11H2,1-3H3. The number of amides is 1. The predicted molar refractivity (Wildman–Crippen MR) is 111 cm³/mol. The Kier molecular flexibility index (Phi) is 5.43. The van der Waals surface area contributed by atoms with Gasteiger partial charge in [0.15, 0.2) is 11.0 Å². The first-order valence-corrected chi connectivity index (χ1v) is 10.3. The van der Waals surface area contributed by atoms with Gasteiger partial charge in [0.2, 0.25) is 0 Å². The smallest absolute Gasteiger partial charge is 0.296 e. The summed E-state index contributed by atoms with van der Waals surface area (Å²) < 4.78 is 8.28. The van der Waals surface area contributed by atoms with Gasteiger partial charge in [0, 0.05) is 45.6 Å². The fourth-order valence-electron chi connectivity index (χ4n) is 3.33. The van der Waals surface area contributed by atoms with E-state index in [-0.39, 0.29) is 5.91 Å². The molecule has 8 heteroatoms. The van der Waals surface area contributed by atoms with Crippen LogP contribution in [0.5, 0.6) is 0 Å². The number of carbonyl (C=O) groups excluding carboxylic acids is 1. The summed E-state index contributed by atoms with van der Waals surface area (Å²) in [6.07, 6.45) is 3.44. The number of rotatable bonds is 5. The lowest BCUT2D eigenvalue weighted by molar-refractivity contribution is 0.0391. The van der Waals surface area contributed by atoms with Crippen LogP contribution in [-0.4, -0.2) is 64.7 Å². The third kappa shape index (κ3) is 3.80. The van der Waals surface area contributed by atoms with Crippen LogP contribution in [0.4, 0.5) is 5.13 Å². The van der Waals surface area contributed by atoms with Crippen molar-refractivity contribution in [3.8, 4) is 0 Å². The highest BCUT2D eigenvalue weighted by molar-refractivity contribution is 7.22. The number of aryl methyl sites for hydroxylation is 3. The molecule has 28 heavy (non-hydrogen) atoms. The average molecular weight is 400 g/mol. The Labute approximate surface area is 168 Å². The summed E-state index contributed by atoms with van der Waals surface area (Å²) in [5.41, 5.74) is 3.38. The Morgan fingerprint density at radius 3 is 2.71 bits per heavy atom. The van der Waals surface area contributed by atoms with E-state index in [0.29, 0.717) is 12.4 Å². The number of aromatic nitrogens is 3. The van der Waals surface area contributed by atoms with E-state index in [2.05, 4.69) is 35.9 Å². The van der Waals surface area contributed by atoms with Crippen LogP contribution < -0.4 is 4.90 Å². The van der Waals surface area contributed by atoms with Crippen LogP contribution in [0, 0.1) is 13.8 Å². The van der Waals surface area contributed by atoms with Gasteiger partial charge in [-0.05, 0) is 37.1 Å². The van der Waals surface area contributed by atoms with Crippen molar-refractivity contribution >= 4 is 32.6 Å². The van der Waals surface area contributed by atoms with E-state index in [1.54, 1.807) is 33.2 Å². The maximum atomic E-state index is 13.3. The molecular formula is C20H25N5O2S. The molecule has 0 N–H and O–H groups in total. The number of fused-ring (bicyclic) bond motifs is 1. The van der Waals surface area contributed by atoms with E-state index in [1.165, 1.54) is 11.1 Å². The molecule has 1 aromatic carbocycles.